The van der Waals surface area contributed by atoms with E-state index in [1.807, 2.05) is 6.92 Å². The number of ketones is 1. The molecule has 7 heteroatoms. The molecule has 0 radical (unpaired) electrons. The summed E-state index contributed by atoms with van der Waals surface area (Å²) in [6, 6.07) is 6.34. The second-order valence-electron chi connectivity index (χ2n) is 5.18. The number of hydrogen-bond donors (Lipinski definition) is 0. The number of rotatable bonds is 2. The van der Waals surface area contributed by atoms with E-state index in [-0.39, 0.29) is 16.4 Å². The summed E-state index contributed by atoms with van der Waals surface area (Å²) in [4.78, 5) is 12.0. The van der Waals surface area contributed by atoms with E-state index in [1.165, 1.54) is 12.1 Å². The first kappa shape index (κ1) is 17.2. The van der Waals surface area contributed by atoms with Gasteiger partial charge in [-0.3, -0.25) is 4.79 Å². The molecule has 0 fully saturated rings. The van der Waals surface area contributed by atoms with Crippen LogP contribution < -0.4 is 0 Å². The van der Waals surface area contributed by atoms with Crippen LogP contribution in [0.5, 0.6) is 0 Å². The number of Topliss-reactive ketones (excluding diaryl/α,β-unsaturated/α-hetero) is 1. The van der Waals surface area contributed by atoms with Crippen LogP contribution >= 0.6 is 23.2 Å². The van der Waals surface area contributed by atoms with E-state index in [9.17, 15) is 13.2 Å². The van der Waals surface area contributed by atoms with Gasteiger partial charge in [0.05, 0.1) is 10.6 Å². The van der Waals surface area contributed by atoms with E-state index in [0.29, 0.717) is 11.1 Å². The highest BCUT2D eigenvalue weighted by Gasteiger charge is 2.37. The van der Waals surface area contributed by atoms with Crippen molar-refractivity contribution in [3.63, 3.8) is 0 Å². The molecule has 4 nitrogen and oxygen atoms in total. The topological polar surface area (TPSA) is 63.6 Å². The zero-order valence-electron chi connectivity index (χ0n) is 12.3. The van der Waals surface area contributed by atoms with Crippen molar-refractivity contribution in [2.24, 2.45) is 4.40 Å². The minimum absolute atomic E-state index is 0.0722. The van der Waals surface area contributed by atoms with Gasteiger partial charge in [0.1, 0.15) is 10.8 Å². The van der Waals surface area contributed by atoms with Crippen LogP contribution in [0.2, 0.25) is 0 Å². The van der Waals surface area contributed by atoms with Crippen LogP contribution in [0.4, 0.5) is 0 Å². The Morgan fingerprint density at radius 2 is 1.50 bits per heavy atom. The molecule has 0 aliphatic heterocycles. The highest BCUT2D eigenvalue weighted by atomic mass is 35.5. The molecule has 0 N–H and O–H groups in total. The number of aryl methyl sites for hydroxylation is 1. The summed E-state index contributed by atoms with van der Waals surface area (Å²) in [5, 5.41) is -1.99. The predicted octanol–water partition coefficient (Wildman–Crippen LogP) is 3.26. The van der Waals surface area contributed by atoms with Crippen molar-refractivity contribution < 1.29 is 13.2 Å². The number of hydrogen-bond acceptors (Lipinski definition) is 3. The Kier molecular flexibility index (Phi) is 4.80. The third kappa shape index (κ3) is 3.12. The van der Waals surface area contributed by atoms with Gasteiger partial charge in [-0.05, 0) is 44.1 Å². The Labute approximate surface area is 139 Å². The van der Waals surface area contributed by atoms with E-state index in [4.69, 9.17) is 23.2 Å². The molecule has 0 spiro atoms. The summed E-state index contributed by atoms with van der Waals surface area (Å²) in [7, 11) is -3.91. The van der Waals surface area contributed by atoms with Gasteiger partial charge in [-0.15, -0.1) is 23.2 Å². The molecule has 2 atom stereocenters. The Morgan fingerprint density at radius 3 is 2.05 bits per heavy atom. The summed E-state index contributed by atoms with van der Waals surface area (Å²) in [6.07, 6.45) is 0. The van der Waals surface area contributed by atoms with E-state index < -0.39 is 20.8 Å². The van der Waals surface area contributed by atoms with Gasteiger partial charge in [0.15, 0.2) is 5.78 Å². The first-order valence-electron chi connectivity index (χ1n) is 6.57. The third-order valence-corrected chi connectivity index (χ3v) is 5.97. The number of halogens is 2. The maximum atomic E-state index is 12.4. The lowest BCUT2D eigenvalue weighted by Crippen LogP contribution is -2.39. The highest BCUT2D eigenvalue weighted by molar-refractivity contribution is 7.90. The normalized spacial score (nSPS) is 25.0. The SMILES string of the molecule is CC1=C(C)C(=NS(=O)(=O)c2ccc(C)cc2)[C@H](Cl)[C@H](Cl)C1=O. The summed E-state index contributed by atoms with van der Waals surface area (Å²) < 4.78 is 28.6. The maximum absolute atomic E-state index is 12.4. The zero-order chi connectivity index (χ0) is 16.7. The van der Waals surface area contributed by atoms with Crippen LogP contribution in [-0.4, -0.2) is 30.7 Å². The van der Waals surface area contributed by atoms with E-state index in [0.717, 1.165) is 5.56 Å². The summed E-state index contributed by atoms with van der Waals surface area (Å²) >= 11 is 12.1. The van der Waals surface area contributed by atoms with Gasteiger partial charge < -0.3 is 0 Å². The first-order chi connectivity index (χ1) is 10.1. The van der Waals surface area contributed by atoms with E-state index in [1.54, 1.807) is 26.0 Å². The lowest BCUT2D eigenvalue weighted by atomic mass is 9.90. The quantitative estimate of drug-likeness (QED) is 0.761. The molecule has 22 heavy (non-hydrogen) atoms. The molecule has 0 bridgehead atoms. The fourth-order valence-corrected chi connectivity index (χ4v) is 3.84. The second-order valence-corrected chi connectivity index (χ2v) is 7.73. The van der Waals surface area contributed by atoms with Crippen molar-refractivity contribution >= 4 is 44.7 Å². The third-order valence-electron chi connectivity index (χ3n) is 3.62. The Balaban J connectivity index is 2.55. The van der Waals surface area contributed by atoms with Crippen molar-refractivity contribution in [3.05, 3.63) is 41.0 Å². The van der Waals surface area contributed by atoms with Crippen molar-refractivity contribution in [2.45, 2.75) is 36.4 Å². The Morgan fingerprint density at radius 1 is 0.955 bits per heavy atom. The molecule has 0 aromatic heterocycles. The lowest BCUT2D eigenvalue weighted by molar-refractivity contribution is -0.115. The molecule has 1 aromatic rings. The number of allylic oxidation sites excluding steroid dienone is 2. The standard InChI is InChI=1S/C15H15Cl2NO3S/c1-8-4-6-11(7-5-8)22(20,21)18-14-9(2)10(3)15(19)13(17)12(14)16/h4-7,12-13H,1-3H3/t12-,13+/m1/s1. The molecule has 2 rings (SSSR count). The number of carbonyl (C=O) groups excluding carboxylic acids is 1. The largest absolute Gasteiger partial charge is 0.293 e. The number of sulfonamides is 1. The van der Waals surface area contributed by atoms with Crippen LogP contribution in [0, 0.1) is 6.92 Å². The van der Waals surface area contributed by atoms with Crippen LogP contribution in [0.1, 0.15) is 19.4 Å². The minimum atomic E-state index is -3.91. The number of carbonyl (C=O) groups is 1. The second kappa shape index (κ2) is 6.14. The molecule has 1 aliphatic carbocycles. The molecule has 1 aromatic carbocycles. The van der Waals surface area contributed by atoms with E-state index >= 15 is 0 Å². The molecule has 0 saturated heterocycles. The first-order valence-corrected chi connectivity index (χ1v) is 8.88. The average Bonchev–Trinajstić information content (AvgIpc) is 2.48. The number of nitrogens with zero attached hydrogens (tertiary/aromatic N) is 1. The van der Waals surface area contributed by atoms with Crippen LogP contribution in [0.3, 0.4) is 0 Å². The molecule has 0 amide bonds. The molecular formula is C15H15Cl2NO3S. The van der Waals surface area contributed by atoms with Gasteiger partial charge in [-0.2, -0.15) is 12.8 Å². The molecule has 0 saturated carbocycles. The lowest BCUT2D eigenvalue weighted by Gasteiger charge is -2.25. The summed E-state index contributed by atoms with van der Waals surface area (Å²) in [6.45, 7) is 5.07. The van der Waals surface area contributed by atoms with Crippen LogP contribution in [0.15, 0.2) is 44.7 Å². The number of benzene rings is 1. The summed E-state index contributed by atoms with van der Waals surface area (Å²) in [5.41, 5.74) is 1.91. The molecule has 118 valence electrons. The van der Waals surface area contributed by atoms with Crippen molar-refractivity contribution in [2.75, 3.05) is 0 Å². The zero-order valence-corrected chi connectivity index (χ0v) is 14.6. The van der Waals surface area contributed by atoms with Gasteiger partial charge >= 0.3 is 0 Å². The van der Waals surface area contributed by atoms with Crippen molar-refractivity contribution in [1.82, 2.24) is 0 Å². The van der Waals surface area contributed by atoms with Crippen LogP contribution in [0.25, 0.3) is 0 Å². The molecule has 0 heterocycles. The molecular weight excluding hydrogens is 345 g/mol. The van der Waals surface area contributed by atoms with Gasteiger partial charge in [0.25, 0.3) is 10.0 Å². The highest BCUT2D eigenvalue weighted by Crippen LogP contribution is 2.29. The van der Waals surface area contributed by atoms with Gasteiger partial charge in [0.2, 0.25) is 0 Å². The Bertz CT molecular complexity index is 780. The fraction of sp³-hybridized carbons (Fsp3) is 0.333. The van der Waals surface area contributed by atoms with Crippen molar-refractivity contribution in [3.8, 4) is 0 Å². The van der Waals surface area contributed by atoms with Gasteiger partial charge in [-0.25, -0.2) is 0 Å². The maximum Gasteiger partial charge on any atom is 0.282 e. The summed E-state index contributed by atoms with van der Waals surface area (Å²) in [5.74, 6) is -0.300. The predicted molar refractivity (Wildman–Crippen MR) is 88.5 cm³/mol. The van der Waals surface area contributed by atoms with E-state index in [2.05, 4.69) is 4.40 Å². The average molecular weight is 360 g/mol. The van der Waals surface area contributed by atoms with Crippen molar-refractivity contribution in [1.29, 1.82) is 0 Å². The molecule has 1 aliphatic rings. The van der Waals surface area contributed by atoms with Gasteiger partial charge in [0, 0.05) is 0 Å². The fourth-order valence-electron chi connectivity index (χ4n) is 2.07. The smallest absolute Gasteiger partial charge is 0.282 e. The monoisotopic (exact) mass is 359 g/mol. The minimum Gasteiger partial charge on any atom is -0.293 e. The number of alkyl halides is 2. The Hall–Kier alpha value is -1.17. The van der Waals surface area contributed by atoms with Gasteiger partial charge in [-0.1, -0.05) is 17.7 Å². The molecule has 0 unspecified atom stereocenters. The van der Waals surface area contributed by atoms with Crippen LogP contribution in [-0.2, 0) is 14.8 Å².